The highest BCUT2D eigenvalue weighted by Gasteiger charge is 2.40. The predicted octanol–water partition coefficient (Wildman–Crippen LogP) is 6.55. The van der Waals surface area contributed by atoms with Crippen molar-refractivity contribution in [1.29, 1.82) is 0 Å². The van der Waals surface area contributed by atoms with E-state index in [0.717, 1.165) is 0 Å². The summed E-state index contributed by atoms with van der Waals surface area (Å²) in [6.07, 6.45) is 7.03. The van der Waals surface area contributed by atoms with Crippen LogP contribution >= 0.6 is 0 Å². The Kier molecular flexibility index (Phi) is 4.03. The molecule has 0 spiro atoms. The fourth-order valence-electron chi connectivity index (χ4n) is 5.60. The topological polar surface area (TPSA) is 0 Å². The zero-order valence-electron chi connectivity index (χ0n) is 18.1. The highest BCUT2D eigenvalue weighted by Crippen LogP contribution is 2.47. The maximum atomic E-state index is 2.42. The first-order valence-electron chi connectivity index (χ1n) is 11.5. The molecule has 0 bridgehead atoms. The van der Waals surface area contributed by atoms with Crippen molar-refractivity contribution in [2.75, 3.05) is 0 Å². The van der Waals surface area contributed by atoms with Gasteiger partial charge in [-0.05, 0) is 65.6 Å². The molecule has 0 fully saturated rings. The summed E-state index contributed by atoms with van der Waals surface area (Å²) in [7, 11) is 0.701. The fourth-order valence-corrected chi connectivity index (χ4v) is 7.05. The minimum atomic E-state index is -0.322. The first-order chi connectivity index (χ1) is 16.3. The van der Waals surface area contributed by atoms with E-state index >= 15 is 0 Å². The summed E-state index contributed by atoms with van der Waals surface area (Å²) in [5.41, 5.74) is 3.78. The molecule has 0 atom stereocenters. The van der Waals surface area contributed by atoms with E-state index in [-0.39, 0.29) is 5.41 Å². The van der Waals surface area contributed by atoms with Gasteiger partial charge in [0, 0.05) is 0 Å². The van der Waals surface area contributed by atoms with Gasteiger partial charge in [0.15, 0.2) is 0 Å². The van der Waals surface area contributed by atoms with E-state index in [2.05, 4.69) is 127 Å². The Morgan fingerprint density at radius 2 is 1.12 bits per heavy atom. The van der Waals surface area contributed by atoms with Crippen LogP contribution in [0.25, 0.3) is 27.1 Å². The molecule has 1 aliphatic heterocycles. The number of rotatable bonds is 2. The van der Waals surface area contributed by atoms with Gasteiger partial charge in [-0.25, -0.2) is 0 Å². The molecule has 0 saturated carbocycles. The molecule has 0 aromatic heterocycles. The highest BCUT2D eigenvalue weighted by atomic mass is 28.2. The van der Waals surface area contributed by atoms with E-state index in [0.29, 0.717) is 9.13 Å². The van der Waals surface area contributed by atoms with Gasteiger partial charge in [0.2, 0.25) is 0 Å². The second-order valence-electron chi connectivity index (χ2n) is 8.92. The van der Waals surface area contributed by atoms with Crippen LogP contribution in [0.1, 0.15) is 11.1 Å². The molecule has 7 rings (SSSR count). The largest absolute Gasteiger partial charge is 0.0699 e. The lowest BCUT2D eigenvalue weighted by Crippen LogP contribution is -2.32. The SMILES string of the molecule is C1=CC(c2ccc3ccccc3c2)(c2ccc3ccccc3c2)C2=c3ccccc3=[Si]C2=C1. The summed E-state index contributed by atoms with van der Waals surface area (Å²) in [5, 5.41) is 7.99. The van der Waals surface area contributed by atoms with E-state index in [1.54, 1.807) is 0 Å². The summed E-state index contributed by atoms with van der Waals surface area (Å²) in [6.45, 7) is 0. The van der Waals surface area contributed by atoms with Crippen molar-refractivity contribution in [2.45, 2.75) is 5.41 Å². The van der Waals surface area contributed by atoms with Crippen LogP contribution in [0.5, 0.6) is 0 Å². The summed E-state index contributed by atoms with van der Waals surface area (Å²) in [6, 6.07) is 40.3. The average Bonchev–Trinajstić information content (AvgIpc) is 3.27. The van der Waals surface area contributed by atoms with Gasteiger partial charge in [0.25, 0.3) is 0 Å². The minimum absolute atomic E-state index is 0.322. The molecule has 153 valence electrons. The summed E-state index contributed by atoms with van der Waals surface area (Å²) < 4.78 is 0. The van der Waals surface area contributed by atoms with Crippen LogP contribution in [0.2, 0.25) is 0 Å². The smallest absolute Gasteiger partial charge is 0.0652 e. The molecule has 5 aromatic rings. The second-order valence-corrected chi connectivity index (χ2v) is 10.2. The molecule has 0 nitrogen and oxygen atoms in total. The standard InChI is InChI=1S/C32H21Si/c1-3-10-24-20-26(17-15-22(24)8-1)32(27-18-16-23-9-2-4-11-25(23)21-27)19-7-14-30-31(32)28-12-5-6-13-29(28)33-30/h1-21H. The lowest BCUT2D eigenvalue weighted by molar-refractivity contribution is 0.835. The van der Waals surface area contributed by atoms with Gasteiger partial charge in [-0.15, -0.1) is 0 Å². The van der Waals surface area contributed by atoms with Gasteiger partial charge >= 0.3 is 0 Å². The molecule has 0 N–H and O–H groups in total. The quantitative estimate of drug-likeness (QED) is 0.277. The summed E-state index contributed by atoms with van der Waals surface area (Å²) in [4.78, 5) is 1.45. The van der Waals surface area contributed by atoms with Crippen molar-refractivity contribution < 1.29 is 0 Å². The van der Waals surface area contributed by atoms with Crippen molar-refractivity contribution in [3.8, 4) is 0 Å². The summed E-state index contributed by atoms with van der Waals surface area (Å²) >= 11 is 0. The Bertz CT molecular complexity index is 1690. The first kappa shape index (κ1) is 18.7. The molecule has 0 amide bonds. The normalized spacial score (nSPS) is 15.8. The molecule has 5 aromatic carbocycles. The van der Waals surface area contributed by atoms with Crippen LogP contribution in [-0.2, 0) is 5.41 Å². The fraction of sp³-hybridized carbons (Fsp3) is 0.0312. The molecule has 0 saturated heterocycles. The number of allylic oxidation sites excluding steroid dienone is 4. The van der Waals surface area contributed by atoms with Crippen molar-refractivity contribution in [3.63, 3.8) is 0 Å². The number of hydrogen-bond acceptors (Lipinski definition) is 0. The van der Waals surface area contributed by atoms with Gasteiger partial charge in [0.1, 0.15) is 0 Å². The van der Waals surface area contributed by atoms with Crippen LogP contribution in [-0.4, -0.2) is 9.13 Å². The lowest BCUT2D eigenvalue weighted by atomic mass is 9.66. The molecular weight excluding hydrogens is 412 g/mol. The maximum absolute atomic E-state index is 2.42. The molecule has 1 heteroatoms. The van der Waals surface area contributed by atoms with Crippen LogP contribution in [0, 0.1) is 4.81 Å². The van der Waals surface area contributed by atoms with Crippen LogP contribution in [0.15, 0.2) is 133 Å². The molecular formula is C32H21Si. The Labute approximate surface area is 195 Å². The Hall–Kier alpha value is -3.81. The molecule has 0 unspecified atom stereocenters. The van der Waals surface area contributed by atoms with E-state index in [1.165, 1.54) is 53.5 Å². The number of fused-ring (bicyclic) bond motifs is 4. The first-order valence-corrected chi connectivity index (χ1v) is 12.5. The predicted molar refractivity (Wildman–Crippen MR) is 140 cm³/mol. The third-order valence-electron chi connectivity index (χ3n) is 7.15. The second kappa shape index (κ2) is 7.10. The van der Waals surface area contributed by atoms with Crippen LogP contribution in [0.3, 0.4) is 0 Å². The Balaban J connectivity index is 1.63. The molecule has 1 aliphatic carbocycles. The lowest BCUT2D eigenvalue weighted by Gasteiger charge is -2.37. The Morgan fingerprint density at radius 1 is 0.545 bits per heavy atom. The monoisotopic (exact) mass is 433 g/mol. The van der Waals surface area contributed by atoms with Crippen molar-refractivity contribution in [3.05, 3.63) is 154 Å². The Morgan fingerprint density at radius 3 is 1.79 bits per heavy atom. The molecule has 1 heterocycles. The van der Waals surface area contributed by atoms with Crippen LogP contribution < -0.4 is 5.22 Å². The molecule has 1 radical (unpaired) electrons. The zero-order valence-corrected chi connectivity index (χ0v) is 19.1. The van der Waals surface area contributed by atoms with Crippen molar-refractivity contribution in [1.82, 2.24) is 0 Å². The van der Waals surface area contributed by atoms with Gasteiger partial charge in [-0.1, -0.05) is 115 Å². The third kappa shape index (κ3) is 2.73. The van der Waals surface area contributed by atoms with Gasteiger partial charge in [-0.3, -0.25) is 0 Å². The van der Waals surface area contributed by atoms with Gasteiger partial charge in [-0.2, -0.15) is 0 Å². The summed E-state index contributed by atoms with van der Waals surface area (Å²) in [5.74, 6) is 0. The van der Waals surface area contributed by atoms with E-state index < -0.39 is 0 Å². The maximum Gasteiger partial charge on any atom is 0.0699 e. The van der Waals surface area contributed by atoms with Crippen molar-refractivity contribution in [2.24, 2.45) is 0 Å². The molecule has 33 heavy (non-hydrogen) atoms. The highest BCUT2D eigenvalue weighted by molar-refractivity contribution is 6.45. The van der Waals surface area contributed by atoms with E-state index in [4.69, 9.17) is 0 Å². The molecule has 2 aliphatic rings. The van der Waals surface area contributed by atoms with Gasteiger partial charge < -0.3 is 0 Å². The van der Waals surface area contributed by atoms with E-state index in [1.807, 2.05) is 0 Å². The van der Waals surface area contributed by atoms with E-state index in [9.17, 15) is 0 Å². The van der Waals surface area contributed by atoms with Crippen molar-refractivity contribution >= 4 is 36.2 Å². The zero-order chi connectivity index (χ0) is 21.8. The van der Waals surface area contributed by atoms with Gasteiger partial charge in [0.05, 0.1) is 14.5 Å². The van der Waals surface area contributed by atoms with Crippen LogP contribution in [0.4, 0.5) is 0 Å². The number of hydrogen-bond donors (Lipinski definition) is 0. The minimum Gasteiger partial charge on any atom is -0.0652 e. The number of benzene rings is 5. The average molecular weight is 434 g/mol. The third-order valence-corrected chi connectivity index (χ3v) is 8.54.